The third-order valence-electron chi connectivity index (χ3n) is 9.12. The standard InChI is InChI=1S/C34H34F2N6O2/c1-6-23-26(35)14-13-21-10-8-12-24(29(21)23)31-30(36)32-25(18-37-31)33(39-34(38-32)44-19-22-11-9-16-40(22)4)41(5)27-15-17-42(20(27)3)28(43)7-2/h1,7-8,10,12-14,18,20,22,27H,2,9,11,15-17,19H2,3-5H3/t20-,22+,27-/m1/s1. The number of carbonyl (C=O) groups is 1. The van der Waals surface area contributed by atoms with Crippen molar-refractivity contribution in [3.05, 3.63) is 66.4 Å². The Balaban J connectivity index is 1.49. The quantitative estimate of drug-likeness (QED) is 0.215. The minimum absolute atomic E-state index is 0.00373. The fourth-order valence-corrected chi connectivity index (χ4v) is 6.62. The lowest BCUT2D eigenvalue weighted by Crippen LogP contribution is -2.43. The Morgan fingerprint density at radius 3 is 2.77 bits per heavy atom. The van der Waals surface area contributed by atoms with Gasteiger partial charge in [-0.3, -0.25) is 9.78 Å². The number of hydrogen-bond donors (Lipinski definition) is 0. The molecule has 0 saturated carbocycles. The lowest BCUT2D eigenvalue weighted by atomic mass is 9.96. The molecule has 6 rings (SSSR count). The summed E-state index contributed by atoms with van der Waals surface area (Å²) in [5.41, 5.74) is 0.430. The predicted octanol–water partition coefficient (Wildman–Crippen LogP) is 5.19. The fourth-order valence-electron chi connectivity index (χ4n) is 6.62. The number of halogens is 2. The van der Waals surface area contributed by atoms with Crippen LogP contribution in [0, 0.1) is 24.0 Å². The normalized spacial score (nSPS) is 20.3. The monoisotopic (exact) mass is 596 g/mol. The number of rotatable bonds is 7. The largest absolute Gasteiger partial charge is 0.462 e. The minimum atomic E-state index is -0.690. The summed E-state index contributed by atoms with van der Waals surface area (Å²) < 4.78 is 37.5. The van der Waals surface area contributed by atoms with Crippen LogP contribution in [0.15, 0.2) is 49.2 Å². The number of nitrogens with zero attached hydrogens (tertiary/aromatic N) is 6. The molecule has 0 radical (unpaired) electrons. The Labute approximate surface area is 255 Å². The number of ether oxygens (including phenoxy) is 1. The zero-order valence-electron chi connectivity index (χ0n) is 25.1. The Kier molecular flexibility index (Phi) is 7.91. The van der Waals surface area contributed by atoms with Crippen LogP contribution in [0.2, 0.25) is 0 Å². The van der Waals surface area contributed by atoms with Crippen LogP contribution < -0.4 is 9.64 Å². The molecule has 0 unspecified atom stereocenters. The number of likely N-dealkylation sites (tertiary alicyclic amines) is 2. The number of fused-ring (bicyclic) bond motifs is 2. The minimum Gasteiger partial charge on any atom is -0.462 e. The zero-order chi connectivity index (χ0) is 31.1. The molecule has 2 aromatic heterocycles. The number of amides is 1. The molecule has 1 amide bonds. The lowest BCUT2D eigenvalue weighted by molar-refractivity contribution is -0.126. The van der Waals surface area contributed by atoms with Crippen molar-refractivity contribution in [1.29, 1.82) is 0 Å². The van der Waals surface area contributed by atoms with Gasteiger partial charge in [-0.25, -0.2) is 8.78 Å². The van der Waals surface area contributed by atoms with E-state index in [9.17, 15) is 9.18 Å². The van der Waals surface area contributed by atoms with Gasteiger partial charge in [0.25, 0.3) is 0 Å². The van der Waals surface area contributed by atoms with Gasteiger partial charge in [0.15, 0.2) is 5.82 Å². The van der Waals surface area contributed by atoms with Gasteiger partial charge in [0.05, 0.1) is 17.0 Å². The van der Waals surface area contributed by atoms with Gasteiger partial charge in [-0.05, 0) is 57.3 Å². The first-order valence-electron chi connectivity index (χ1n) is 14.8. The molecular formula is C34H34F2N6O2. The SMILES string of the molecule is C#Cc1c(F)ccc2cccc(-c3ncc4c(N(C)[C@@H]5CCN(C(=O)C=C)[C@@H]5C)nc(OC[C@@H]5CCCN5C)nc4c3F)c12. The lowest BCUT2D eigenvalue weighted by Gasteiger charge is -2.32. The summed E-state index contributed by atoms with van der Waals surface area (Å²) in [6.07, 6.45) is 11.3. The Morgan fingerprint density at radius 1 is 1.23 bits per heavy atom. The van der Waals surface area contributed by atoms with Crippen molar-refractivity contribution >= 4 is 33.4 Å². The summed E-state index contributed by atoms with van der Waals surface area (Å²) in [7, 11) is 3.92. The second-order valence-corrected chi connectivity index (χ2v) is 11.5. The van der Waals surface area contributed by atoms with Crippen molar-refractivity contribution in [2.45, 2.75) is 44.3 Å². The van der Waals surface area contributed by atoms with E-state index in [1.54, 1.807) is 29.2 Å². The highest BCUT2D eigenvalue weighted by Gasteiger charge is 2.37. The topological polar surface area (TPSA) is 74.7 Å². The molecule has 10 heteroatoms. The van der Waals surface area contributed by atoms with E-state index >= 15 is 4.39 Å². The Morgan fingerprint density at radius 2 is 2.05 bits per heavy atom. The third-order valence-corrected chi connectivity index (χ3v) is 9.12. The third kappa shape index (κ3) is 5.01. The number of hydrogen-bond acceptors (Lipinski definition) is 7. The number of terminal acetylenes is 1. The molecule has 2 aliphatic rings. The van der Waals surface area contributed by atoms with Crippen molar-refractivity contribution in [1.82, 2.24) is 24.8 Å². The molecule has 44 heavy (non-hydrogen) atoms. The van der Waals surface area contributed by atoms with E-state index < -0.39 is 11.6 Å². The molecule has 4 aromatic rings. The van der Waals surface area contributed by atoms with Gasteiger partial charge < -0.3 is 19.4 Å². The maximum absolute atomic E-state index is 16.7. The molecule has 0 aliphatic carbocycles. The molecule has 2 fully saturated rings. The van der Waals surface area contributed by atoms with Crippen molar-refractivity contribution < 1.29 is 18.3 Å². The molecule has 0 spiro atoms. The van der Waals surface area contributed by atoms with E-state index in [1.165, 1.54) is 18.3 Å². The van der Waals surface area contributed by atoms with Crippen LogP contribution in [0.1, 0.15) is 31.7 Å². The van der Waals surface area contributed by atoms with Crippen LogP contribution in [-0.2, 0) is 4.79 Å². The highest BCUT2D eigenvalue weighted by Crippen LogP contribution is 2.37. The van der Waals surface area contributed by atoms with Gasteiger partial charge in [0.1, 0.15) is 29.5 Å². The van der Waals surface area contributed by atoms with E-state index in [0.29, 0.717) is 47.1 Å². The molecule has 4 heterocycles. The molecule has 2 saturated heterocycles. The van der Waals surface area contributed by atoms with Crippen LogP contribution >= 0.6 is 0 Å². The van der Waals surface area contributed by atoms with Crippen LogP contribution in [0.4, 0.5) is 14.6 Å². The predicted molar refractivity (Wildman–Crippen MR) is 167 cm³/mol. The zero-order valence-corrected chi connectivity index (χ0v) is 25.1. The summed E-state index contributed by atoms with van der Waals surface area (Å²) in [5.74, 6) is 1.47. The molecule has 3 atom stereocenters. The van der Waals surface area contributed by atoms with Crippen LogP contribution in [-0.4, -0.2) is 82.6 Å². The molecule has 2 aromatic carbocycles. The molecular weight excluding hydrogens is 562 g/mol. The highest BCUT2D eigenvalue weighted by atomic mass is 19.1. The maximum Gasteiger partial charge on any atom is 0.319 e. The van der Waals surface area contributed by atoms with Gasteiger partial charge in [0.2, 0.25) is 5.91 Å². The molecule has 226 valence electrons. The molecule has 8 nitrogen and oxygen atoms in total. The Hall–Kier alpha value is -4.62. The summed E-state index contributed by atoms with van der Waals surface area (Å²) in [6.45, 7) is 7.51. The van der Waals surface area contributed by atoms with Gasteiger partial charge in [0, 0.05) is 42.8 Å². The van der Waals surface area contributed by atoms with Gasteiger partial charge in [-0.15, -0.1) is 6.42 Å². The van der Waals surface area contributed by atoms with E-state index in [0.717, 1.165) is 19.4 Å². The first kappa shape index (κ1) is 29.5. The molecule has 2 aliphatic heterocycles. The van der Waals surface area contributed by atoms with Crippen LogP contribution in [0.5, 0.6) is 6.01 Å². The van der Waals surface area contributed by atoms with Crippen molar-refractivity contribution in [3.8, 4) is 29.6 Å². The van der Waals surface area contributed by atoms with Crippen LogP contribution in [0.3, 0.4) is 0 Å². The van der Waals surface area contributed by atoms with E-state index in [-0.39, 0.29) is 46.8 Å². The van der Waals surface area contributed by atoms with E-state index in [1.807, 2.05) is 25.9 Å². The van der Waals surface area contributed by atoms with Gasteiger partial charge >= 0.3 is 6.01 Å². The molecule has 0 N–H and O–H groups in total. The number of likely N-dealkylation sites (N-methyl/N-ethyl adjacent to an activating group) is 2. The first-order chi connectivity index (χ1) is 21.2. The first-order valence-corrected chi connectivity index (χ1v) is 14.8. The smallest absolute Gasteiger partial charge is 0.319 e. The number of benzene rings is 2. The number of anilines is 1. The number of carbonyl (C=O) groups excluding carboxylic acids is 1. The summed E-state index contributed by atoms with van der Waals surface area (Å²) in [4.78, 5) is 32.2. The van der Waals surface area contributed by atoms with Gasteiger partial charge in [-0.1, -0.05) is 36.8 Å². The number of pyridine rings is 1. The van der Waals surface area contributed by atoms with Crippen LogP contribution in [0.25, 0.3) is 32.9 Å². The van der Waals surface area contributed by atoms with Crippen molar-refractivity contribution in [2.24, 2.45) is 0 Å². The van der Waals surface area contributed by atoms with E-state index in [4.69, 9.17) is 16.1 Å². The maximum atomic E-state index is 16.7. The average Bonchev–Trinajstić information content (AvgIpc) is 3.63. The van der Waals surface area contributed by atoms with Gasteiger partial charge in [-0.2, -0.15) is 9.97 Å². The van der Waals surface area contributed by atoms with Crippen molar-refractivity contribution in [3.63, 3.8) is 0 Å². The highest BCUT2D eigenvalue weighted by molar-refractivity contribution is 6.02. The average molecular weight is 597 g/mol. The molecule has 0 bridgehead atoms. The fraction of sp³-hybridized carbons (Fsp3) is 0.353. The van der Waals surface area contributed by atoms with Crippen molar-refractivity contribution in [2.75, 3.05) is 38.7 Å². The van der Waals surface area contributed by atoms with E-state index in [2.05, 4.69) is 27.4 Å². The summed E-state index contributed by atoms with van der Waals surface area (Å²) >= 11 is 0. The second-order valence-electron chi connectivity index (χ2n) is 11.5. The second kappa shape index (κ2) is 11.8. The Bertz CT molecular complexity index is 1820. The summed E-state index contributed by atoms with van der Waals surface area (Å²) in [5, 5.41) is 1.46. The number of aromatic nitrogens is 3. The summed E-state index contributed by atoms with van der Waals surface area (Å²) in [6, 6.07) is 8.14.